The zero-order chi connectivity index (χ0) is 25.2. The Morgan fingerprint density at radius 3 is 2.42 bits per heavy atom. The van der Waals surface area contributed by atoms with Gasteiger partial charge in [-0.15, -0.1) is 0 Å². The highest BCUT2D eigenvalue weighted by Crippen LogP contribution is 2.42. The summed E-state index contributed by atoms with van der Waals surface area (Å²) in [4.78, 5) is 33.6. The number of fused-ring (bicyclic) bond motifs is 1. The molecule has 2 aliphatic rings. The maximum atomic E-state index is 13.3. The maximum Gasteiger partial charge on any atom is 0.264 e. The highest BCUT2D eigenvalue weighted by molar-refractivity contribution is 8.04. The normalized spacial score (nSPS) is 16.8. The molecule has 3 aromatic carbocycles. The molecule has 6 nitrogen and oxygen atoms in total. The molecule has 0 spiro atoms. The first kappa shape index (κ1) is 24.3. The van der Waals surface area contributed by atoms with Gasteiger partial charge in [0.2, 0.25) is 0 Å². The first-order valence-electron chi connectivity index (χ1n) is 11.7. The summed E-state index contributed by atoms with van der Waals surface area (Å²) >= 11 is 7.68. The Kier molecular flexibility index (Phi) is 6.94. The minimum Gasteiger partial charge on any atom is -0.497 e. The second-order valence-corrected chi connectivity index (χ2v) is 10.1. The summed E-state index contributed by atoms with van der Waals surface area (Å²) in [5.74, 6) is 0.689. The summed E-state index contributed by atoms with van der Waals surface area (Å²) < 4.78 is 5.24. The van der Waals surface area contributed by atoms with Crippen LogP contribution < -0.4 is 14.5 Å². The average molecular weight is 520 g/mol. The molecule has 0 radical (unpaired) electrons. The zero-order valence-corrected chi connectivity index (χ0v) is 21.7. The Morgan fingerprint density at radius 1 is 1.00 bits per heavy atom. The van der Waals surface area contributed by atoms with Gasteiger partial charge in [0, 0.05) is 54.4 Å². The van der Waals surface area contributed by atoms with E-state index in [9.17, 15) is 9.59 Å². The van der Waals surface area contributed by atoms with Gasteiger partial charge in [-0.05, 0) is 60.2 Å². The van der Waals surface area contributed by atoms with Gasteiger partial charge >= 0.3 is 0 Å². The van der Waals surface area contributed by atoms with Crippen LogP contribution in [-0.4, -0.2) is 57.1 Å². The zero-order valence-electron chi connectivity index (χ0n) is 20.1. The van der Waals surface area contributed by atoms with Crippen molar-refractivity contribution in [2.24, 2.45) is 0 Å². The minimum atomic E-state index is -0.120. The molecule has 0 N–H and O–H groups in total. The standard InChI is InChI=1S/C28H26ClN3O3S/c1-30-24-17-20(7-12-25(24)36-26(28(30)34)18-19-5-3-4-6-23(19)29)27(33)32-15-13-31(14-16-32)21-8-10-22(35-2)11-9-21/h3-12,17-18H,13-16H2,1-2H3/b26-18-. The first-order chi connectivity index (χ1) is 17.4. The predicted octanol–water partition coefficient (Wildman–Crippen LogP) is 5.42. The van der Waals surface area contributed by atoms with Crippen LogP contribution in [0.4, 0.5) is 11.4 Å². The van der Waals surface area contributed by atoms with Crippen LogP contribution in [0.1, 0.15) is 15.9 Å². The van der Waals surface area contributed by atoms with Crippen LogP contribution in [0.2, 0.25) is 5.02 Å². The lowest BCUT2D eigenvalue weighted by Crippen LogP contribution is -2.48. The number of halogens is 1. The summed E-state index contributed by atoms with van der Waals surface area (Å²) in [6.45, 7) is 2.78. The number of methoxy groups -OCH3 is 1. The molecular formula is C28H26ClN3O3S. The van der Waals surface area contributed by atoms with Crippen molar-refractivity contribution in [1.82, 2.24) is 4.90 Å². The van der Waals surface area contributed by atoms with Crippen LogP contribution in [0, 0.1) is 0 Å². The number of amides is 2. The van der Waals surface area contributed by atoms with Gasteiger partial charge in [-0.2, -0.15) is 0 Å². The number of likely N-dealkylation sites (N-methyl/N-ethyl adjacent to an activating group) is 1. The number of rotatable bonds is 4. The number of thioether (sulfide) groups is 1. The van der Waals surface area contributed by atoms with Gasteiger partial charge in [0.05, 0.1) is 17.7 Å². The number of nitrogens with zero attached hydrogens (tertiary/aromatic N) is 3. The van der Waals surface area contributed by atoms with Gasteiger partial charge < -0.3 is 19.4 Å². The predicted molar refractivity (Wildman–Crippen MR) is 146 cm³/mol. The van der Waals surface area contributed by atoms with Gasteiger partial charge in [-0.3, -0.25) is 9.59 Å². The van der Waals surface area contributed by atoms with E-state index in [4.69, 9.17) is 16.3 Å². The Morgan fingerprint density at radius 2 is 1.72 bits per heavy atom. The summed E-state index contributed by atoms with van der Waals surface area (Å²) in [6, 6.07) is 21.0. The van der Waals surface area contributed by atoms with E-state index in [-0.39, 0.29) is 11.8 Å². The fourth-order valence-corrected chi connectivity index (χ4v) is 5.68. The number of ether oxygens (including phenoxy) is 1. The van der Waals surface area contributed by atoms with Gasteiger partial charge in [-0.1, -0.05) is 41.6 Å². The number of carbonyl (C=O) groups excluding carboxylic acids is 2. The first-order valence-corrected chi connectivity index (χ1v) is 12.9. The number of carbonyl (C=O) groups is 2. The summed E-state index contributed by atoms with van der Waals surface area (Å²) in [6.07, 6.45) is 1.82. The van der Waals surface area contributed by atoms with Crippen LogP contribution in [0.25, 0.3) is 6.08 Å². The molecule has 0 saturated carbocycles. The van der Waals surface area contributed by atoms with Crippen molar-refractivity contribution in [2.75, 3.05) is 50.1 Å². The van der Waals surface area contributed by atoms with Crippen molar-refractivity contribution >= 4 is 52.6 Å². The molecule has 0 bridgehead atoms. The molecule has 0 aromatic heterocycles. The van der Waals surface area contributed by atoms with E-state index in [1.807, 2.05) is 71.6 Å². The Balaban J connectivity index is 1.29. The van der Waals surface area contributed by atoms with Crippen molar-refractivity contribution in [2.45, 2.75) is 4.90 Å². The quantitative estimate of drug-likeness (QED) is 0.431. The van der Waals surface area contributed by atoms with Gasteiger partial charge in [0.15, 0.2) is 0 Å². The molecule has 2 heterocycles. The van der Waals surface area contributed by atoms with Gasteiger partial charge in [0.1, 0.15) is 5.75 Å². The maximum absolute atomic E-state index is 13.3. The Hall–Kier alpha value is -3.42. The molecule has 5 rings (SSSR count). The Bertz CT molecular complexity index is 1330. The third-order valence-corrected chi connectivity index (χ3v) is 7.92. The van der Waals surface area contributed by atoms with Gasteiger partial charge in [-0.25, -0.2) is 0 Å². The summed E-state index contributed by atoms with van der Waals surface area (Å²) in [5, 5.41) is 0.597. The average Bonchev–Trinajstić information content (AvgIpc) is 2.92. The van der Waals surface area contributed by atoms with Gasteiger partial charge in [0.25, 0.3) is 11.8 Å². The van der Waals surface area contributed by atoms with Crippen LogP contribution in [0.15, 0.2) is 76.5 Å². The lowest BCUT2D eigenvalue weighted by molar-refractivity contribution is -0.114. The lowest BCUT2D eigenvalue weighted by atomic mass is 10.1. The van der Waals surface area contributed by atoms with Crippen LogP contribution in [-0.2, 0) is 4.79 Å². The highest BCUT2D eigenvalue weighted by atomic mass is 35.5. The molecule has 0 unspecified atom stereocenters. The van der Waals surface area contributed by atoms with Crippen molar-refractivity contribution in [1.29, 1.82) is 0 Å². The number of anilines is 2. The fraction of sp³-hybridized carbons (Fsp3) is 0.214. The van der Waals surface area contributed by atoms with Crippen molar-refractivity contribution in [3.05, 3.63) is 87.8 Å². The number of benzene rings is 3. The molecule has 36 heavy (non-hydrogen) atoms. The smallest absolute Gasteiger partial charge is 0.264 e. The Labute approximate surface area is 220 Å². The highest BCUT2D eigenvalue weighted by Gasteiger charge is 2.29. The van der Waals surface area contributed by atoms with Crippen LogP contribution in [0.3, 0.4) is 0 Å². The fourth-order valence-electron chi connectivity index (χ4n) is 4.40. The molecule has 2 amide bonds. The minimum absolute atomic E-state index is 0.0181. The SMILES string of the molecule is COc1ccc(N2CCN(C(=O)c3ccc4c(c3)N(C)C(=O)/C(=C/c3ccccc3Cl)S4)CC2)cc1. The van der Waals surface area contributed by atoms with E-state index in [1.54, 1.807) is 25.1 Å². The molecule has 1 fully saturated rings. The molecule has 2 aliphatic heterocycles. The largest absolute Gasteiger partial charge is 0.497 e. The second-order valence-electron chi connectivity index (χ2n) is 8.66. The van der Waals surface area contributed by atoms with E-state index in [0.29, 0.717) is 28.6 Å². The van der Waals surface area contributed by atoms with Crippen LogP contribution in [0.5, 0.6) is 5.75 Å². The van der Waals surface area contributed by atoms with E-state index in [0.717, 1.165) is 40.7 Å². The monoisotopic (exact) mass is 519 g/mol. The van der Waals surface area contributed by atoms with Crippen molar-refractivity contribution in [3.8, 4) is 5.75 Å². The third-order valence-electron chi connectivity index (χ3n) is 6.50. The molecule has 3 aromatic rings. The molecule has 1 saturated heterocycles. The lowest BCUT2D eigenvalue weighted by Gasteiger charge is -2.36. The molecule has 184 valence electrons. The second kappa shape index (κ2) is 10.3. The van der Waals surface area contributed by atoms with E-state index in [2.05, 4.69) is 4.90 Å². The third kappa shape index (κ3) is 4.81. The molecule has 0 aliphatic carbocycles. The summed E-state index contributed by atoms with van der Waals surface area (Å²) in [5.41, 5.74) is 3.25. The number of hydrogen-bond acceptors (Lipinski definition) is 5. The van der Waals surface area contributed by atoms with E-state index >= 15 is 0 Å². The topological polar surface area (TPSA) is 53.1 Å². The molecule has 8 heteroatoms. The number of piperazine rings is 1. The molecule has 0 atom stereocenters. The van der Waals surface area contributed by atoms with Crippen LogP contribution >= 0.6 is 23.4 Å². The van der Waals surface area contributed by atoms with Crippen molar-refractivity contribution < 1.29 is 14.3 Å². The molecular weight excluding hydrogens is 494 g/mol. The van der Waals surface area contributed by atoms with E-state index < -0.39 is 0 Å². The summed E-state index contributed by atoms with van der Waals surface area (Å²) in [7, 11) is 3.39. The number of hydrogen-bond donors (Lipinski definition) is 0. The van der Waals surface area contributed by atoms with E-state index in [1.165, 1.54) is 11.8 Å². The van der Waals surface area contributed by atoms with Crippen molar-refractivity contribution in [3.63, 3.8) is 0 Å².